The topological polar surface area (TPSA) is 65.9 Å². The number of hydrogen-bond donors (Lipinski definition) is 3. The predicted molar refractivity (Wildman–Crippen MR) is 112 cm³/mol. The molecular weight excluding hydrogens is 417 g/mol. The zero-order valence-corrected chi connectivity index (χ0v) is 18.3. The molecule has 0 spiro atoms. The van der Waals surface area contributed by atoms with Crippen molar-refractivity contribution in [3.63, 3.8) is 0 Å². The molecule has 0 aromatic heterocycles. The van der Waals surface area contributed by atoms with Crippen LogP contribution in [0.15, 0.2) is 4.99 Å². The molecule has 0 aromatic carbocycles. The van der Waals surface area contributed by atoms with Gasteiger partial charge in [-0.2, -0.15) is 0 Å². The van der Waals surface area contributed by atoms with E-state index in [4.69, 9.17) is 4.74 Å². The number of halogens is 1. The average molecular weight is 455 g/mol. The van der Waals surface area contributed by atoms with Crippen LogP contribution in [0, 0.1) is 10.8 Å². The summed E-state index contributed by atoms with van der Waals surface area (Å²) in [7, 11) is 0. The SMILES string of the molecule is CCNC(=NCC(C)(C)CO)NCC1(CCOCC)CCCC1.I. The molecule has 0 aromatic rings. The lowest BCUT2D eigenvalue weighted by Gasteiger charge is -2.30. The standard InChI is InChI=1S/C18H37N3O2.HI/c1-5-19-16(20-13-17(3,4)15-22)21-14-18(9-7-8-10-18)11-12-23-6-2;/h22H,5-15H2,1-4H3,(H2,19,20,21);1H. The van der Waals surface area contributed by atoms with Gasteiger partial charge >= 0.3 is 0 Å². The number of hydrogen-bond acceptors (Lipinski definition) is 3. The highest BCUT2D eigenvalue weighted by atomic mass is 127. The summed E-state index contributed by atoms with van der Waals surface area (Å²) in [5.74, 6) is 0.858. The summed E-state index contributed by atoms with van der Waals surface area (Å²) in [6, 6.07) is 0. The monoisotopic (exact) mass is 455 g/mol. The minimum Gasteiger partial charge on any atom is -0.396 e. The molecule has 0 atom stereocenters. The number of aliphatic hydroxyl groups is 1. The van der Waals surface area contributed by atoms with Gasteiger partial charge < -0.3 is 20.5 Å². The molecule has 0 amide bonds. The Hall–Kier alpha value is -0.0800. The van der Waals surface area contributed by atoms with Crippen molar-refractivity contribution in [3.8, 4) is 0 Å². The van der Waals surface area contributed by atoms with E-state index in [1.54, 1.807) is 0 Å². The predicted octanol–water partition coefficient (Wildman–Crippen LogP) is 3.17. The van der Waals surface area contributed by atoms with Gasteiger partial charge in [-0.1, -0.05) is 26.7 Å². The van der Waals surface area contributed by atoms with Gasteiger partial charge in [-0.3, -0.25) is 4.99 Å². The zero-order valence-electron chi connectivity index (χ0n) is 16.0. The summed E-state index contributed by atoms with van der Waals surface area (Å²) in [6.45, 7) is 12.4. The molecule has 3 N–H and O–H groups in total. The zero-order chi connectivity index (χ0) is 17.2. The first-order valence-corrected chi connectivity index (χ1v) is 9.18. The molecule has 0 heterocycles. The van der Waals surface area contributed by atoms with Crippen molar-refractivity contribution in [3.05, 3.63) is 0 Å². The van der Waals surface area contributed by atoms with Gasteiger partial charge in [-0.25, -0.2) is 0 Å². The van der Waals surface area contributed by atoms with Crippen LogP contribution < -0.4 is 10.6 Å². The second-order valence-corrected chi connectivity index (χ2v) is 7.53. The molecule has 1 fully saturated rings. The Morgan fingerprint density at radius 2 is 1.88 bits per heavy atom. The van der Waals surface area contributed by atoms with Crippen LogP contribution in [0.25, 0.3) is 0 Å². The molecule has 6 heteroatoms. The van der Waals surface area contributed by atoms with Crippen molar-refractivity contribution in [2.45, 2.75) is 59.8 Å². The van der Waals surface area contributed by atoms with Crippen LogP contribution in [-0.4, -0.2) is 50.5 Å². The molecule has 0 bridgehead atoms. The van der Waals surface area contributed by atoms with Crippen molar-refractivity contribution in [2.75, 3.05) is 39.5 Å². The molecule has 144 valence electrons. The molecule has 0 saturated heterocycles. The molecule has 1 saturated carbocycles. The second-order valence-electron chi connectivity index (χ2n) is 7.53. The molecule has 5 nitrogen and oxygen atoms in total. The Labute approximate surface area is 165 Å². The van der Waals surface area contributed by atoms with Gasteiger partial charge in [0.1, 0.15) is 0 Å². The summed E-state index contributed by atoms with van der Waals surface area (Å²) in [4.78, 5) is 4.65. The molecular formula is C18H38IN3O2. The maximum absolute atomic E-state index is 9.38. The van der Waals surface area contributed by atoms with Gasteiger partial charge in [0, 0.05) is 38.3 Å². The van der Waals surface area contributed by atoms with Crippen LogP contribution in [0.4, 0.5) is 0 Å². The molecule has 1 rings (SSSR count). The quantitative estimate of drug-likeness (QED) is 0.205. The Kier molecular flexibility index (Phi) is 12.3. The second kappa shape index (κ2) is 12.3. The third kappa shape index (κ3) is 8.85. The van der Waals surface area contributed by atoms with Crippen molar-refractivity contribution in [2.24, 2.45) is 15.8 Å². The van der Waals surface area contributed by atoms with E-state index in [0.29, 0.717) is 12.0 Å². The number of nitrogens with one attached hydrogen (secondary N) is 2. The van der Waals surface area contributed by atoms with E-state index in [0.717, 1.165) is 38.7 Å². The van der Waals surface area contributed by atoms with Crippen LogP contribution in [0.5, 0.6) is 0 Å². The normalized spacial score (nSPS) is 17.5. The van der Waals surface area contributed by atoms with Crippen molar-refractivity contribution >= 4 is 29.9 Å². The molecule has 24 heavy (non-hydrogen) atoms. The number of aliphatic imine (C=N–C) groups is 1. The van der Waals surface area contributed by atoms with Crippen molar-refractivity contribution in [1.29, 1.82) is 0 Å². The van der Waals surface area contributed by atoms with Crippen molar-refractivity contribution < 1.29 is 9.84 Å². The van der Waals surface area contributed by atoms with E-state index in [2.05, 4.69) is 29.5 Å². The minimum absolute atomic E-state index is 0. The van der Waals surface area contributed by atoms with Crippen LogP contribution >= 0.6 is 24.0 Å². The fraction of sp³-hybridized carbons (Fsp3) is 0.944. The van der Waals surface area contributed by atoms with Gasteiger partial charge in [0.25, 0.3) is 0 Å². The highest BCUT2D eigenvalue weighted by Crippen LogP contribution is 2.40. The summed E-state index contributed by atoms with van der Waals surface area (Å²) in [5, 5.41) is 16.2. The third-order valence-electron chi connectivity index (χ3n) is 4.71. The maximum Gasteiger partial charge on any atom is 0.191 e. The summed E-state index contributed by atoms with van der Waals surface area (Å²) < 4.78 is 5.58. The lowest BCUT2D eigenvalue weighted by atomic mass is 9.83. The molecule has 0 aliphatic heterocycles. The smallest absolute Gasteiger partial charge is 0.191 e. The maximum atomic E-state index is 9.38. The van der Waals surface area contributed by atoms with Gasteiger partial charge in [-0.05, 0) is 38.5 Å². The third-order valence-corrected chi connectivity index (χ3v) is 4.71. The fourth-order valence-electron chi connectivity index (χ4n) is 3.03. The van der Waals surface area contributed by atoms with Crippen molar-refractivity contribution in [1.82, 2.24) is 10.6 Å². The van der Waals surface area contributed by atoms with Crippen LogP contribution in [0.2, 0.25) is 0 Å². The minimum atomic E-state index is -0.178. The summed E-state index contributed by atoms with van der Waals surface area (Å²) in [5.41, 5.74) is 0.167. The Balaban J connectivity index is 0.00000529. The number of ether oxygens (including phenoxy) is 1. The van der Waals surface area contributed by atoms with Crippen LogP contribution in [0.1, 0.15) is 59.8 Å². The molecule has 1 aliphatic rings. The van der Waals surface area contributed by atoms with Gasteiger partial charge in [-0.15, -0.1) is 24.0 Å². The lowest BCUT2D eigenvalue weighted by molar-refractivity contribution is 0.105. The highest BCUT2D eigenvalue weighted by Gasteiger charge is 2.33. The molecule has 1 aliphatic carbocycles. The number of guanidine groups is 1. The van der Waals surface area contributed by atoms with Gasteiger partial charge in [0.05, 0.1) is 6.54 Å². The number of aliphatic hydroxyl groups excluding tert-OH is 1. The first-order chi connectivity index (χ1) is 11.0. The Morgan fingerprint density at radius 1 is 1.21 bits per heavy atom. The number of nitrogens with zero attached hydrogens (tertiary/aromatic N) is 1. The van der Waals surface area contributed by atoms with E-state index in [1.165, 1.54) is 25.7 Å². The largest absolute Gasteiger partial charge is 0.396 e. The average Bonchev–Trinajstić information content (AvgIpc) is 3.00. The number of rotatable bonds is 10. The van der Waals surface area contributed by atoms with E-state index in [-0.39, 0.29) is 36.0 Å². The fourth-order valence-corrected chi connectivity index (χ4v) is 3.03. The van der Waals surface area contributed by atoms with Gasteiger partial charge in [0.15, 0.2) is 5.96 Å². The Morgan fingerprint density at radius 3 is 2.42 bits per heavy atom. The van der Waals surface area contributed by atoms with Crippen LogP contribution in [0.3, 0.4) is 0 Å². The summed E-state index contributed by atoms with van der Waals surface area (Å²) in [6.07, 6.45) is 6.30. The Bertz CT molecular complexity index is 356. The van der Waals surface area contributed by atoms with E-state index < -0.39 is 0 Å². The van der Waals surface area contributed by atoms with Gasteiger partial charge in [0.2, 0.25) is 0 Å². The van der Waals surface area contributed by atoms with E-state index in [9.17, 15) is 5.11 Å². The first kappa shape index (κ1) is 23.9. The summed E-state index contributed by atoms with van der Waals surface area (Å²) >= 11 is 0. The lowest BCUT2D eigenvalue weighted by Crippen LogP contribution is -2.44. The molecule has 0 unspecified atom stereocenters. The highest BCUT2D eigenvalue weighted by molar-refractivity contribution is 14.0. The first-order valence-electron chi connectivity index (χ1n) is 9.18. The van der Waals surface area contributed by atoms with Crippen LogP contribution in [-0.2, 0) is 4.74 Å². The van der Waals surface area contributed by atoms with E-state index >= 15 is 0 Å². The van der Waals surface area contributed by atoms with E-state index in [1.807, 2.05) is 13.8 Å². The molecule has 0 radical (unpaired) electrons.